The molecule has 0 saturated carbocycles. The highest BCUT2D eigenvalue weighted by Crippen LogP contribution is 2.29. The predicted octanol–water partition coefficient (Wildman–Crippen LogP) is 2.84. The van der Waals surface area contributed by atoms with E-state index in [1.807, 2.05) is 17.1 Å². The molecule has 1 aliphatic carbocycles. The normalized spacial score (nSPS) is 13.8. The van der Waals surface area contributed by atoms with Crippen LogP contribution in [0.25, 0.3) is 11.4 Å². The van der Waals surface area contributed by atoms with Gasteiger partial charge in [0, 0.05) is 30.0 Å². The molecule has 5 nitrogen and oxygen atoms in total. The highest BCUT2D eigenvalue weighted by molar-refractivity contribution is 5.59. The van der Waals surface area contributed by atoms with Crippen molar-refractivity contribution in [3.8, 4) is 11.4 Å². The maximum atomic E-state index is 4.73. The van der Waals surface area contributed by atoms with E-state index in [0.29, 0.717) is 6.04 Å². The number of fused-ring (bicyclic) bond motifs is 1. The molecule has 0 amide bonds. The van der Waals surface area contributed by atoms with E-state index in [-0.39, 0.29) is 0 Å². The maximum absolute atomic E-state index is 4.73. The molecule has 106 valence electrons. The minimum Gasteiger partial charge on any atom is -0.370 e. The molecule has 0 bridgehead atoms. The summed E-state index contributed by atoms with van der Waals surface area (Å²) in [7, 11) is 0. The summed E-state index contributed by atoms with van der Waals surface area (Å²) >= 11 is 0. The third kappa shape index (κ3) is 2.28. The first-order valence-corrected chi connectivity index (χ1v) is 7.37. The lowest BCUT2D eigenvalue weighted by Crippen LogP contribution is -2.06. The number of aromatic nitrogens is 4. The van der Waals surface area contributed by atoms with E-state index in [2.05, 4.69) is 31.2 Å². The van der Waals surface area contributed by atoms with Gasteiger partial charge in [0.1, 0.15) is 5.82 Å². The standard InChI is InChI=1S/C15H21N5/c1-4-16-15-12-6-5-7-13(12)18-14(19-15)11-8-17-20(9-11)10(2)3/h8-10H,4-7H2,1-3H3,(H,16,18,19). The van der Waals surface area contributed by atoms with Gasteiger partial charge in [-0.3, -0.25) is 4.68 Å². The van der Waals surface area contributed by atoms with Crippen molar-refractivity contribution in [2.24, 2.45) is 0 Å². The molecule has 0 atom stereocenters. The summed E-state index contributed by atoms with van der Waals surface area (Å²) in [5.41, 5.74) is 3.49. The number of nitrogens with one attached hydrogen (secondary N) is 1. The Kier molecular flexibility index (Phi) is 3.42. The van der Waals surface area contributed by atoms with Gasteiger partial charge in [-0.2, -0.15) is 5.10 Å². The number of hydrogen-bond donors (Lipinski definition) is 1. The molecule has 2 aromatic rings. The zero-order valence-corrected chi connectivity index (χ0v) is 12.3. The quantitative estimate of drug-likeness (QED) is 0.929. The van der Waals surface area contributed by atoms with Crippen molar-refractivity contribution in [1.29, 1.82) is 0 Å². The fourth-order valence-electron chi connectivity index (χ4n) is 2.61. The number of hydrogen-bond acceptors (Lipinski definition) is 4. The molecule has 0 aliphatic heterocycles. The van der Waals surface area contributed by atoms with Gasteiger partial charge in [0.25, 0.3) is 0 Å². The van der Waals surface area contributed by atoms with Crippen molar-refractivity contribution in [3.63, 3.8) is 0 Å². The molecular formula is C15H21N5. The Morgan fingerprint density at radius 1 is 1.30 bits per heavy atom. The molecule has 0 aromatic carbocycles. The molecule has 5 heteroatoms. The Morgan fingerprint density at radius 2 is 2.15 bits per heavy atom. The van der Waals surface area contributed by atoms with Crippen molar-refractivity contribution >= 4 is 5.82 Å². The first-order valence-electron chi connectivity index (χ1n) is 7.37. The van der Waals surface area contributed by atoms with Gasteiger partial charge in [-0.05, 0) is 40.0 Å². The number of aryl methyl sites for hydroxylation is 1. The largest absolute Gasteiger partial charge is 0.370 e. The van der Waals surface area contributed by atoms with Crippen LogP contribution in [0.2, 0.25) is 0 Å². The molecule has 2 heterocycles. The maximum Gasteiger partial charge on any atom is 0.164 e. The van der Waals surface area contributed by atoms with Crippen LogP contribution in [0.15, 0.2) is 12.4 Å². The van der Waals surface area contributed by atoms with Crippen LogP contribution in [-0.4, -0.2) is 26.3 Å². The Bertz CT molecular complexity index is 615. The Labute approximate surface area is 119 Å². The van der Waals surface area contributed by atoms with Crippen molar-refractivity contribution < 1.29 is 0 Å². The Morgan fingerprint density at radius 3 is 2.85 bits per heavy atom. The molecule has 20 heavy (non-hydrogen) atoms. The molecule has 2 aromatic heterocycles. The Balaban J connectivity index is 2.02. The molecule has 0 fully saturated rings. The van der Waals surface area contributed by atoms with E-state index in [1.54, 1.807) is 0 Å². The first kappa shape index (κ1) is 13.1. The smallest absolute Gasteiger partial charge is 0.164 e. The third-order valence-corrected chi connectivity index (χ3v) is 3.67. The van der Waals surface area contributed by atoms with Gasteiger partial charge < -0.3 is 5.32 Å². The number of nitrogens with zero attached hydrogens (tertiary/aromatic N) is 4. The molecule has 1 N–H and O–H groups in total. The lowest BCUT2D eigenvalue weighted by molar-refractivity contribution is 0.532. The van der Waals surface area contributed by atoms with Crippen LogP contribution in [0.3, 0.4) is 0 Å². The minimum absolute atomic E-state index is 0.353. The minimum atomic E-state index is 0.353. The molecular weight excluding hydrogens is 250 g/mol. The molecule has 0 saturated heterocycles. The van der Waals surface area contributed by atoms with Crippen LogP contribution < -0.4 is 5.32 Å². The monoisotopic (exact) mass is 271 g/mol. The highest BCUT2D eigenvalue weighted by atomic mass is 15.3. The van der Waals surface area contributed by atoms with Gasteiger partial charge in [-0.15, -0.1) is 0 Å². The second-order valence-electron chi connectivity index (χ2n) is 5.51. The van der Waals surface area contributed by atoms with Crippen molar-refractivity contribution in [3.05, 3.63) is 23.7 Å². The highest BCUT2D eigenvalue weighted by Gasteiger charge is 2.20. The summed E-state index contributed by atoms with van der Waals surface area (Å²) < 4.78 is 1.94. The molecule has 1 aliphatic rings. The summed E-state index contributed by atoms with van der Waals surface area (Å²) in [5, 5.41) is 7.75. The van der Waals surface area contributed by atoms with Gasteiger partial charge in [0.05, 0.1) is 11.8 Å². The van der Waals surface area contributed by atoms with Crippen LogP contribution >= 0.6 is 0 Å². The second-order valence-corrected chi connectivity index (χ2v) is 5.51. The van der Waals surface area contributed by atoms with Crippen molar-refractivity contribution in [1.82, 2.24) is 19.7 Å². The third-order valence-electron chi connectivity index (χ3n) is 3.67. The van der Waals surface area contributed by atoms with Crippen LogP contribution in [0.1, 0.15) is 44.5 Å². The number of rotatable bonds is 4. The van der Waals surface area contributed by atoms with E-state index >= 15 is 0 Å². The van der Waals surface area contributed by atoms with Crippen LogP contribution in [0.4, 0.5) is 5.82 Å². The second kappa shape index (κ2) is 5.23. The summed E-state index contributed by atoms with van der Waals surface area (Å²) in [6.45, 7) is 7.21. The van der Waals surface area contributed by atoms with Gasteiger partial charge in [-0.25, -0.2) is 9.97 Å². The fourth-order valence-corrected chi connectivity index (χ4v) is 2.61. The fraction of sp³-hybridized carbons (Fsp3) is 0.533. The van der Waals surface area contributed by atoms with Crippen molar-refractivity contribution in [2.75, 3.05) is 11.9 Å². The van der Waals surface area contributed by atoms with E-state index in [1.165, 1.54) is 17.7 Å². The zero-order valence-electron chi connectivity index (χ0n) is 12.3. The van der Waals surface area contributed by atoms with E-state index in [4.69, 9.17) is 9.97 Å². The first-order chi connectivity index (χ1) is 9.69. The lowest BCUT2D eigenvalue weighted by Gasteiger charge is -2.10. The summed E-state index contributed by atoms with van der Waals surface area (Å²) in [4.78, 5) is 9.44. The Hall–Kier alpha value is -1.91. The molecule has 0 unspecified atom stereocenters. The molecule has 0 spiro atoms. The van der Waals surface area contributed by atoms with Gasteiger partial charge in [0.15, 0.2) is 5.82 Å². The molecule has 3 rings (SSSR count). The van der Waals surface area contributed by atoms with E-state index in [9.17, 15) is 0 Å². The van der Waals surface area contributed by atoms with Crippen LogP contribution in [0, 0.1) is 0 Å². The lowest BCUT2D eigenvalue weighted by atomic mass is 10.2. The summed E-state index contributed by atoms with van der Waals surface area (Å²) in [5.74, 6) is 1.79. The molecule has 0 radical (unpaired) electrons. The zero-order chi connectivity index (χ0) is 14.1. The van der Waals surface area contributed by atoms with Crippen molar-refractivity contribution in [2.45, 2.75) is 46.1 Å². The average molecular weight is 271 g/mol. The van der Waals surface area contributed by atoms with E-state index < -0.39 is 0 Å². The van der Waals surface area contributed by atoms with Gasteiger partial charge >= 0.3 is 0 Å². The number of anilines is 1. The van der Waals surface area contributed by atoms with E-state index in [0.717, 1.165) is 36.6 Å². The summed E-state index contributed by atoms with van der Waals surface area (Å²) in [6.07, 6.45) is 7.20. The SMILES string of the molecule is CCNc1nc(-c2cnn(C(C)C)c2)nc2c1CCC2. The van der Waals surface area contributed by atoms with Gasteiger partial charge in [-0.1, -0.05) is 0 Å². The average Bonchev–Trinajstić information content (AvgIpc) is 3.07. The predicted molar refractivity (Wildman–Crippen MR) is 79.8 cm³/mol. The summed E-state index contributed by atoms with van der Waals surface area (Å²) in [6, 6.07) is 0.353. The van der Waals surface area contributed by atoms with Crippen LogP contribution in [-0.2, 0) is 12.8 Å². The topological polar surface area (TPSA) is 55.6 Å². The van der Waals surface area contributed by atoms with Crippen LogP contribution in [0.5, 0.6) is 0 Å². The van der Waals surface area contributed by atoms with Gasteiger partial charge in [0.2, 0.25) is 0 Å².